The van der Waals surface area contributed by atoms with Crippen LogP contribution in [0.5, 0.6) is 0 Å². The molecule has 0 heterocycles. The van der Waals surface area contributed by atoms with Crippen LogP contribution < -0.4 is 10.0 Å². The summed E-state index contributed by atoms with van der Waals surface area (Å²) in [6, 6.07) is 1.80. The van der Waals surface area contributed by atoms with Crippen LogP contribution in [0.1, 0.15) is 52.9 Å². The molecular formula is C23H37FN2O6S2. The summed E-state index contributed by atoms with van der Waals surface area (Å²) in [5.74, 6) is -0.887. The summed E-state index contributed by atoms with van der Waals surface area (Å²) in [5.41, 5.74) is 0. The van der Waals surface area contributed by atoms with Crippen LogP contribution in [-0.4, -0.2) is 58.0 Å². The fourth-order valence-corrected chi connectivity index (χ4v) is 6.92. The lowest BCUT2D eigenvalue weighted by molar-refractivity contribution is -0.124. The standard InChI is InChI=1S/C23H37FN2O6S2/c1-5-20(22(27)13-17-7-6-15(2)12-16(17)3)25-23(28)21(26-33(4,29)30)14-34(31,32)19-10-8-18(24)9-11-19/h8-11,15-17,20-22,26-27H,5-7,12-14H2,1-4H3,(H,25,28). The maximum absolute atomic E-state index is 13.2. The third-order valence-electron chi connectivity index (χ3n) is 6.62. The van der Waals surface area contributed by atoms with E-state index in [1.54, 1.807) is 6.92 Å². The summed E-state index contributed by atoms with van der Waals surface area (Å²) < 4.78 is 64.5. The molecule has 3 N–H and O–H groups in total. The predicted molar refractivity (Wildman–Crippen MR) is 129 cm³/mol. The molecule has 1 aromatic rings. The van der Waals surface area contributed by atoms with Crippen LogP contribution in [0, 0.1) is 23.6 Å². The quantitative estimate of drug-likeness (QED) is 0.384. The summed E-state index contributed by atoms with van der Waals surface area (Å²) in [7, 11) is -8.03. The van der Waals surface area contributed by atoms with Crippen LogP contribution in [0.15, 0.2) is 29.2 Å². The van der Waals surface area contributed by atoms with E-state index < -0.39 is 55.5 Å². The lowest BCUT2D eigenvalue weighted by Crippen LogP contribution is -2.54. The minimum Gasteiger partial charge on any atom is -0.391 e. The van der Waals surface area contributed by atoms with Crippen LogP contribution in [0.4, 0.5) is 4.39 Å². The SMILES string of the molecule is CCC(NC(=O)C(CS(=O)(=O)c1ccc(F)cc1)NS(C)(=O)=O)C(O)CC1CCC(C)CC1C. The highest BCUT2D eigenvalue weighted by atomic mass is 32.2. The first kappa shape index (κ1) is 28.7. The maximum atomic E-state index is 13.2. The van der Waals surface area contributed by atoms with E-state index in [-0.39, 0.29) is 4.90 Å². The normalized spacial score (nSPS) is 24.2. The molecule has 194 valence electrons. The number of sulfone groups is 1. The molecule has 6 atom stereocenters. The highest BCUT2D eigenvalue weighted by Gasteiger charge is 2.33. The first-order valence-corrected chi connectivity index (χ1v) is 15.2. The molecule has 8 nitrogen and oxygen atoms in total. The van der Waals surface area contributed by atoms with Crippen molar-refractivity contribution in [1.82, 2.24) is 10.0 Å². The Morgan fingerprint density at radius 3 is 2.29 bits per heavy atom. The Labute approximate surface area is 202 Å². The second-order valence-corrected chi connectivity index (χ2v) is 13.5. The number of carbonyl (C=O) groups excluding carboxylic acids is 1. The number of nitrogens with one attached hydrogen (secondary N) is 2. The van der Waals surface area contributed by atoms with Crippen molar-refractivity contribution in [3.8, 4) is 0 Å². The molecular weight excluding hydrogens is 483 g/mol. The molecule has 34 heavy (non-hydrogen) atoms. The van der Waals surface area contributed by atoms with Crippen molar-refractivity contribution in [2.75, 3.05) is 12.0 Å². The molecule has 11 heteroatoms. The number of sulfonamides is 1. The van der Waals surface area contributed by atoms with Crippen LogP contribution in [-0.2, 0) is 24.7 Å². The van der Waals surface area contributed by atoms with E-state index in [0.29, 0.717) is 30.6 Å². The number of aliphatic hydroxyl groups excluding tert-OH is 1. The van der Waals surface area contributed by atoms with Gasteiger partial charge in [0.2, 0.25) is 15.9 Å². The zero-order chi connectivity index (χ0) is 25.7. The molecule has 1 aromatic carbocycles. The van der Waals surface area contributed by atoms with Gasteiger partial charge in [0, 0.05) is 0 Å². The summed E-state index contributed by atoms with van der Waals surface area (Å²) >= 11 is 0. The fourth-order valence-electron chi connectivity index (χ4n) is 4.69. The molecule has 1 fully saturated rings. The zero-order valence-electron chi connectivity index (χ0n) is 20.2. The molecule has 0 aliphatic heterocycles. The first-order chi connectivity index (χ1) is 15.7. The van der Waals surface area contributed by atoms with E-state index in [4.69, 9.17) is 0 Å². The fraction of sp³-hybridized carbons (Fsp3) is 0.696. The van der Waals surface area contributed by atoms with Gasteiger partial charge in [0.15, 0.2) is 9.84 Å². The topological polar surface area (TPSA) is 130 Å². The first-order valence-electron chi connectivity index (χ1n) is 11.7. The van der Waals surface area contributed by atoms with Crippen LogP contribution in [0.25, 0.3) is 0 Å². The predicted octanol–water partition coefficient (Wildman–Crippen LogP) is 2.24. The Kier molecular flexibility index (Phi) is 10.1. The van der Waals surface area contributed by atoms with Crippen molar-refractivity contribution in [3.63, 3.8) is 0 Å². The van der Waals surface area contributed by atoms with E-state index in [1.807, 2.05) is 0 Å². The maximum Gasteiger partial charge on any atom is 0.239 e. The Bertz CT molecular complexity index is 1030. The number of benzene rings is 1. The van der Waals surface area contributed by atoms with Gasteiger partial charge < -0.3 is 10.4 Å². The molecule has 0 aromatic heterocycles. The van der Waals surface area contributed by atoms with E-state index >= 15 is 0 Å². The molecule has 1 amide bonds. The number of aliphatic hydroxyl groups is 1. The molecule has 1 saturated carbocycles. The van der Waals surface area contributed by atoms with Gasteiger partial charge >= 0.3 is 0 Å². The second kappa shape index (κ2) is 11.9. The third kappa shape index (κ3) is 8.58. The van der Waals surface area contributed by atoms with Crippen molar-refractivity contribution in [2.45, 2.75) is 76.0 Å². The van der Waals surface area contributed by atoms with E-state index in [2.05, 4.69) is 23.9 Å². The Balaban J connectivity index is 2.14. The molecule has 0 saturated heterocycles. The summed E-state index contributed by atoms with van der Waals surface area (Å²) in [6.07, 6.45) is 4.05. The molecule has 2 rings (SSSR count). The summed E-state index contributed by atoms with van der Waals surface area (Å²) in [6.45, 7) is 6.17. The average molecular weight is 521 g/mol. The number of hydrogen-bond acceptors (Lipinski definition) is 6. The summed E-state index contributed by atoms with van der Waals surface area (Å²) in [5, 5.41) is 13.5. The molecule has 0 spiro atoms. The van der Waals surface area contributed by atoms with Gasteiger partial charge in [0.1, 0.15) is 11.9 Å². The Hall–Kier alpha value is -1.56. The van der Waals surface area contributed by atoms with Gasteiger partial charge in [-0.1, -0.05) is 27.2 Å². The van der Waals surface area contributed by atoms with Crippen molar-refractivity contribution in [2.24, 2.45) is 17.8 Å². The van der Waals surface area contributed by atoms with Gasteiger partial charge in [0.25, 0.3) is 0 Å². The average Bonchev–Trinajstić information content (AvgIpc) is 2.72. The summed E-state index contributed by atoms with van der Waals surface area (Å²) in [4.78, 5) is 12.8. The van der Waals surface area contributed by atoms with Crippen molar-refractivity contribution >= 4 is 25.8 Å². The number of hydrogen-bond donors (Lipinski definition) is 3. The van der Waals surface area contributed by atoms with Crippen LogP contribution in [0.2, 0.25) is 0 Å². The van der Waals surface area contributed by atoms with E-state index in [0.717, 1.165) is 49.8 Å². The van der Waals surface area contributed by atoms with Gasteiger partial charge in [-0.05, 0) is 67.7 Å². The van der Waals surface area contributed by atoms with Crippen molar-refractivity contribution in [3.05, 3.63) is 30.1 Å². The number of amides is 1. The van der Waals surface area contributed by atoms with Gasteiger partial charge in [0.05, 0.1) is 29.0 Å². The monoisotopic (exact) mass is 520 g/mol. The van der Waals surface area contributed by atoms with Crippen LogP contribution >= 0.6 is 0 Å². The Morgan fingerprint density at radius 1 is 1.15 bits per heavy atom. The van der Waals surface area contributed by atoms with Gasteiger partial charge in [-0.3, -0.25) is 4.79 Å². The van der Waals surface area contributed by atoms with Crippen LogP contribution in [0.3, 0.4) is 0 Å². The van der Waals surface area contributed by atoms with Gasteiger partial charge in [-0.25, -0.2) is 25.9 Å². The largest absolute Gasteiger partial charge is 0.391 e. The molecule has 0 bridgehead atoms. The minimum absolute atomic E-state index is 0.227. The van der Waals surface area contributed by atoms with E-state index in [9.17, 15) is 31.1 Å². The lowest BCUT2D eigenvalue weighted by Gasteiger charge is -2.35. The van der Waals surface area contributed by atoms with Gasteiger partial charge in [-0.15, -0.1) is 0 Å². The Morgan fingerprint density at radius 2 is 1.76 bits per heavy atom. The molecule has 6 unspecified atom stereocenters. The number of carbonyl (C=O) groups is 1. The lowest BCUT2D eigenvalue weighted by atomic mass is 9.73. The van der Waals surface area contributed by atoms with Gasteiger partial charge in [-0.2, -0.15) is 0 Å². The zero-order valence-corrected chi connectivity index (χ0v) is 21.8. The highest BCUT2D eigenvalue weighted by Crippen LogP contribution is 2.36. The smallest absolute Gasteiger partial charge is 0.239 e. The molecule has 0 radical (unpaired) electrons. The number of rotatable bonds is 11. The third-order valence-corrected chi connectivity index (χ3v) is 9.09. The molecule has 1 aliphatic rings. The number of halogens is 1. The minimum atomic E-state index is -4.11. The second-order valence-electron chi connectivity index (χ2n) is 9.66. The molecule has 1 aliphatic carbocycles. The van der Waals surface area contributed by atoms with Crippen molar-refractivity contribution < 1.29 is 31.1 Å². The van der Waals surface area contributed by atoms with E-state index in [1.165, 1.54) is 0 Å². The van der Waals surface area contributed by atoms with Crippen molar-refractivity contribution in [1.29, 1.82) is 0 Å². The highest BCUT2D eigenvalue weighted by molar-refractivity contribution is 7.91.